The first kappa shape index (κ1) is 13.7. The number of aliphatic carboxylic acids is 1. The van der Waals surface area contributed by atoms with E-state index >= 15 is 0 Å². The van der Waals surface area contributed by atoms with Crippen LogP contribution in [0.15, 0.2) is 0 Å². The maximum atomic E-state index is 11.8. The molecule has 0 spiro atoms. The van der Waals surface area contributed by atoms with Crippen molar-refractivity contribution >= 4 is 35.4 Å². The lowest BCUT2D eigenvalue weighted by Gasteiger charge is -2.32. The molecule has 0 aromatic carbocycles. The molecule has 0 saturated carbocycles. The Balaban J connectivity index is 2.54. The van der Waals surface area contributed by atoms with Crippen molar-refractivity contribution in [1.82, 2.24) is 4.90 Å². The summed E-state index contributed by atoms with van der Waals surface area (Å²) in [6.45, 7) is 4.61. The van der Waals surface area contributed by atoms with Crippen LogP contribution in [0.4, 0.5) is 0 Å². The van der Waals surface area contributed by atoms with E-state index in [0.717, 1.165) is 5.75 Å². The van der Waals surface area contributed by atoms with E-state index in [2.05, 4.69) is 0 Å². The highest BCUT2D eigenvalue weighted by atomic mass is 32.2. The highest BCUT2D eigenvalue weighted by Gasteiger charge is 2.31. The minimum atomic E-state index is -0.893. The third-order valence-corrected chi connectivity index (χ3v) is 4.38. The van der Waals surface area contributed by atoms with Gasteiger partial charge in [-0.3, -0.25) is 4.79 Å². The molecule has 4 nitrogen and oxygen atoms in total. The lowest BCUT2D eigenvalue weighted by atomic mass is 10.2. The molecule has 1 unspecified atom stereocenters. The summed E-state index contributed by atoms with van der Waals surface area (Å²) in [7, 11) is 0. The molecule has 0 aromatic rings. The average Bonchev–Trinajstić information content (AvgIpc) is 2.25. The van der Waals surface area contributed by atoms with E-state index in [4.69, 9.17) is 5.11 Å². The molecule has 1 aliphatic rings. The van der Waals surface area contributed by atoms with Crippen molar-refractivity contribution in [1.29, 1.82) is 0 Å². The first-order valence-corrected chi connectivity index (χ1v) is 7.44. The van der Waals surface area contributed by atoms with Crippen LogP contribution < -0.4 is 0 Å². The van der Waals surface area contributed by atoms with Crippen LogP contribution in [0.3, 0.4) is 0 Å². The van der Waals surface area contributed by atoms with Crippen LogP contribution in [0, 0.1) is 0 Å². The molecule has 92 valence electrons. The van der Waals surface area contributed by atoms with E-state index in [-0.39, 0.29) is 5.91 Å². The number of thioether (sulfide) groups is 2. The number of hydrogen-bond acceptors (Lipinski definition) is 4. The second-order valence-corrected chi connectivity index (χ2v) is 6.59. The Morgan fingerprint density at radius 1 is 1.56 bits per heavy atom. The summed E-state index contributed by atoms with van der Waals surface area (Å²) in [6.07, 6.45) is 0. The number of nitrogens with zero attached hydrogens (tertiary/aromatic N) is 1. The van der Waals surface area contributed by atoms with Gasteiger partial charge < -0.3 is 10.0 Å². The fourth-order valence-electron chi connectivity index (χ4n) is 1.43. The van der Waals surface area contributed by atoms with Gasteiger partial charge in [0.1, 0.15) is 6.04 Å². The Kier molecular flexibility index (Phi) is 5.48. The van der Waals surface area contributed by atoms with Crippen molar-refractivity contribution < 1.29 is 14.7 Å². The highest BCUT2D eigenvalue weighted by Crippen LogP contribution is 2.19. The van der Waals surface area contributed by atoms with Crippen LogP contribution in [-0.4, -0.2) is 57.0 Å². The maximum Gasteiger partial charge on any atom is 0.327 e. The standard InChI is InChI=1S/C10H17NO3S2/c1-7(2)16-6-9(12)11-3-4-15-5-8(11)10(13)14/h7-8H,3-6H2,1-2H3,(H,13,14). The van der Waals surface area contributed by atoms with E-state index in [1.807, 2.05) is 13.8 Å². The van der Waals surface area contributed by atoms with Crippen molar-refractivity contribution in [3.63, 3.8) is 0 Å². The topological polar surface area (TPSA) is 57.6 Å². The van der Waals surface area contributed by atoms with Crippen LogP contribution in [0.2, 0.25) is 0 Å². The minimum absolute atomic E-state index is 0.0496. The van der Waals surface area contributed by atoms with Crippen molar-refractivity contribution in [3.05, 3.63) is 0 Å². The fourth-order valence-corrected chi connectivity index (χ4v) is 3.11. The van der Waals surface area contributed by atoms with Crippen LogP contribution in [-0.2, 0) is 9.59 Å². The zero-order chi connectivity index (χ0) is 12.1. The maximum absolute atomic E-state index is 11.8. The number of hydrogen-bond donors (Lipinski definition) is 1. The summed E-state index contributed by atoms with van der Waals surface area (Å²) in [5, 5.41) is 9.42. The van der Waals surface area contributed by atoms with Gasteiger partial charge >= 0.3 is 5.97 Å². The van der Waals surface area contributed by atoms with Gasteiger partial charge in [0.15, 0.2) is 0 Å². The van der Waals surface area contributed by atoms with Crippen LogP contribution in [0.25, 0.3) is 0 Å². The molecule has 6 heteroatoms. The van der Waals surface area contributed by atoms with Gasteiger partial charge in [-0.25, -0.2) is 4.79 Å². The second-order valence-electron chi connectivity index (χ2n) is 3.88. The molecular weight excluding hydrogens is 246 g/mol. The molecule has 0 aromatic heterocycles. The predicted octanol–water partition coefficient (Wildman–Crippen LogP) is 1.16. The van der Waals surface area contributed by atoms with Crippen LogP contribution in [0.1, 0.15) is 13.8 Å². The van der Waals surface area contributed by atoms with Crippen LogP contribution >= 0.6 is 23.5 Å². The molecule has 0 radical (unpaired) electrons. The SMILES string of the molecule is CC(C)SCC(=O)N1CCSCC1C(=O)O. The third-order valence-electron chi connectivity index (χ3n) is 2.27. The van der Waals surface area contributed by atoms with Crippen molar-refractivity contribution in [2.24, 2.45) is 0 Å². The fraction of sp³-hybridized carbons (Fsp3) is 0.800. The Morgan fingerprint density at radius 3 is 2.81 bits per heavy atom. The lowest BCUT2D eigenvalue weighted by molar-refractivity contribution is -0.148. The highest BCUT2D eigenvalue weighted by molar-refractivity contribution is 8.00. The third kappa shape index (κ3) is 3.90. The van der Waals surface area contributed by atoms with Gasteiger partial charge in [-0.05, 0) is 5.25 Å². The smallest absolute Gasteiger partial charge is 0.327 e. The number of carboxylic acid groups (broad SMARTS) is 1. The zero-order valence-electron chi connectivity index (χ0n) is 9.51. The molecule has 1 fully saturated rings. The number of carbonyl (C=O) groups is 2. The van der Waals surface area contributed by atoms with Crippen molar-refractivity contribution in [3.8, 4) is 0 Å². The Hall–Kier alpha value is -0.360. The average molecular weight is 263 g/mol. The van der Waals surface area contributed by atoms with E-state index in [9.17, 15) is 9.59 Å². The summed E-state index contributed by atoms with van der Waals surface area (Å²) in [5.74, 6) is 0.781. The second kappa shape index (κ2) is 6.39. The van der Waals surface area contributed by atoms with E-state index in [0.29, 0.717) is 23.3 Å². The molecule has 1 aliphatic heterocycles. The number of carbonyl (C=O) groups excluding carboxylic acids is 1. The van der Waals surface area contributed by atoms with E-state index in [1.165, 1.54) is 4.90 Å². The first-order valence-electron chi connectivity index (χ1n) is 5.24. The first-order chi connectivity index (χ1) is 7.52. The van der Waals surface area contributed by atoms with Crippen molar-refractivity contribution in [2.45, 2.75) is 25.1 Å². The minimum Gasteiger partial charge on any atom is -0.480 e. The summed E-state index contributed by atoms with van der Waals surface area (Å²) in [5.41, 5.74) is 0. The molecule has 0 aliphatic carbocycles. The summed E-state index contributed by atoms with van der Waals surface area (Å²) in [6, 6.07) is -0.640. The molecule has 1 saturated heterocycles. The van der Waals surface area contributed by atoms with Gasteiger partial charge in [0.2, 0.25) is 5.91 Å². The molecule has 1 heterocycles. The van der Waals surface area contributed by atoms with Gasteiger partial charge in [-0.2, -0.15) is 11.8 Å². The van der Waals surface area contributed by atoms with Gasteiger partial charge in [-0.1, -0.05) is 13.8 Å². The number of amides is 1. The Morgan fingerprint density at radius 2 is 2.25 bits per heavy atom. The summed E-state index contributed by atoms with van der Waals surface area (Å²) < 4.78 is 0. The van der Waals surface area contributed by atoms with Gasteiger partial charge in [0.25, 0.3) is 0 Å². The summed E-state index contributed by atoms with van der Waals surface area (Å²) >= 11 is 3.15. The van der Waals surface area contributed by atoms with Crippen molar-refractivity contribution in [2.75, 3.05) is 23.8 Å². The van der Waals surface area contributed by atoms with Gasteiger partial charge in [0, 0.05) is 18.1 Å². The van der Waals surface area contributed by atoms with E-state index < -0.39 is 12.0 Å². The summed E-state index contributed by atoms with van der Waals surface area (Å²) in [4.78, 5) is 24.4. The van der Waals surface area contributed by atoms with E-state index in [1.54, 1.807) is 23.5 Å². The van der Waals surface area contributed by atoms with Crippen LogP contribution in [0.5, 0.6) is 0 Å². The molecule has 1 atom stereocenters. The number of carboxylic acids is 1. The Bertz CT molecular complexity index is 271. The Labute approximate surface area is 104 Å². The molecule has 0 bridgehead atoms. The largest absolute Gasteiger partial charge is 0.480 e. The normalized spacial score (nSPS) is 21.2. The lowest BCUT2D eigenvalue weighted by Crippen LogP contribution is -2.51. The monoisotopic (exact) mass is 263 g/mol. The zero-order valence-corrected chi connectivity index (χ0v) is 11.1. The molecule has 16 heavy (non-hydrogen) atoms. The van der Waals surface area contributed by atoms with Gasteiger partial charge in [0.05, 0.1) is 5.75 Å². The van der Waals surface area contributed by atoms with Gasteiger partial charge in [-0.15, -0.1) is 11.8 Å². The number of rotatable bonds is 4. The molecule has 1 amide bonds. The molecule has 1 rings (SSSR count). The molecule has 1 N–H and O–H groups in total. The molecular formula is C10H17NO3S2. The quantitative estimate of drug-likeness (QED) is 0.825. The predicted molar refractivity (Wildman–Crippen MR) is 68.1 cm³/mol.